The Morgan fingerprint density at radius 3 is 2.06 bits per heavy atom. The number of hydrogen-bond donors (Lipinski definition) is 6. The molecule has 0 amide bonds. The zero-order valence-corrected chi connectivity index (χ0v) is 11.8. The van der Waals surface area contributed by atoms with Crippen molar-refractivity contribution in [1.82, 2.24) is 0 Å². The van der Waals surface area contributed by atoms with Gasteiger partial charge >= 0.3 is 7.82 Å². The molecule has 1 rings (SSSR count). The van der Waals surface area contributed by atoms with E-state index in [0.29, 0.717) is 0 Å². The quantitative estimate of drug-likeness (QED) is 0.228. The maximum Gasteiger partial charge on any atom is 0.469 e. The second-order valence-corrected chi connectivity index (χ2v) is 4.56. The third-order valence-electron chi connectivity index (χ3n) is 2.09. The SMILES string of the molecule is O=P(O)(O)OC[C@H]1O[C@H](O)[C@H](O)[C@@H](O)[C@@H]1O.[Na]. The summed E-state index contributed by atoms with van der Waals surface area (Å²) in [7, 11) is -4.73. The van der Waals surface area contributed by atoms with E-state index in [-0.39, 0.29) is 29.6 Å². The second-order valence-electron chi connectivity index (χ2n) is 3.32. The molecule has 0 aromatic heterocycles. The normalized spacial score (nSPS) is 38.6. The summed E-state index contributed by atoms with van der Waals surface area (Å²) in [4.78, 5) is 16.8. The Kier molecular flexibility index (Phi) is 7.27. The van der Waals surface area contributed by atoms with Gasteiger partial charge in [-0.15, -0.1) is 0 Å². The molecule has 1 aliphatic heterocycles. The molecule has 0 bridgehead atoms. The van der Waals surface area contributed by atoms with E-state index in [1.54, 1.807) is 0 Å². The Balaban J connectivity index is 0.00000256. The summed E-state index contributed by atoms with van der Waals surface area (Å²) in [5.41, 5.74) is 0. The van der Waals surface area contributed by atoms with Crippen LogP contribution < -0.4 is 0 Å². The molecule has 1 radical (unpaired) electrons. The van der Waals surface area contributed by atoms with Gasteiger partial charge in [-0.1, -0.05) is 0 Å². The van der Waals surface area contributed by atoms with E-state index in [2.05, 4.69) is 9.26 Å². The van der Waals surface area contributed by atoms with Gasteiger partial charge < -0.3 is 34.9 Å². The van der Waals surface area contributed by atoms with Crippen LogP contribution in [-0.2, 0) is 13.8 Å². The molecule has 9 nitrogen and oxygen atoms in total. The van der Waals surface area contributed by atoms with E-state index in [1.165, 1.54) is 0 Å². The maximum absolute atomic E-state index is 10.4. The van der Waals surface area contributed by atoms with Gasteiger partial charge in [0.05, 0.1) is 6.61 Å². The molecule has 97 valence electrons. The molecule has 0 unspecified atom stereocenters. The Morgan fingerprint density at radius 1 is 1.06 bits per heavy atom. The molecule has 1 heterocycles. The average Bonchev–Trinajstić information content (AvgIpc) is 2.17. The number of rotatable bonds is 3. The minimum atomic E-state index is -4.73. The van der Waals surface area contributed by atoms with Gasteiger partial charge in [-0.3, -0.25) is 4.52 Å². The predicted molar refractivity (Wildman–Crippen MR) is 52.7 cm³/mol. The molecular formula is C6H13NaO9P. The molecule has 11 heteroatoms. The molecule has 0 aromatic rings. The van der Waals surface area contributed by atoms with Crippen LogP contribution in [0, 0.1) is 0 Å². The van der Waals surface area contributed by atoms with Crippen LogP contribution in [0.25, 0.3) is 0 Å². The molecule has 0 aromatic carbocycles. The number of aliphatic hydroxyl groups excluding tert-OH is 4. The van der Waals surface area contributed by atoms with E-state index >= 15 is 0 Å². The summed E-state index contributed by atoms with van der Waals surface area (Å²) in [6.45, 7) is -0.730. The summed E-state index contributed by atoms with van der Waals surface area (Å²) in [5.74, 6) is 0. The largest absolute Gasteiger partial charge is 0.469 e. The Labute approximate surface area is 119 Å². The third-order valence-corrected chi connectivity index (χ3v) is 2.58. The fourth-order valence-corrected chi connectivity index (χ4v) is 1.58. The monoisotopic (exact) mass is 283 g/mol. The van der Waals surface area contributed by atoms with Crippen LogP contribution in [0.3, 0.4) is 0 Å². The van der Waals surface area contributed by atoms with Gasteiger partial charge in [0.2, 0.25) is 0 Å². The first kappa shape index (κ1) is 17.9. The number of hydrogen-bond acceptors (Lipinski definition) is 7. The fourth-order valence-electron chi connectivity index (χ4n) is 1.24. The van der Waals surface area contributed by atoms with Gasteiger partial charge in [-0.05, 0) is 0 Å². The minimum absolute atomic E-state index is 0. The maximum atomic E-state index is 10.4. The number of aliphatic hydroxyl groups is 4. The second kappa shape index (κ2) is 6.90. The molecule has 1 aliphatic rings. The van der Waals surface area contributed by atoms with Crippen LogP contribution in [0.2, 0.25) is 0 Å². The molecular weight excluding hydrogens is 270 g/mol. The zero-order valence-electron chi connectivity index (χ0n) is 8.95. The van der Waals surface area contributed by atoms with Crippen LogP contribution in [0.1, 0.15) is 0 Å². The van der Waals surface area contributed by atoms with Gasteiger partial charge in [0.15, 0.2) is 6.29 Å². The smallest absolute Gasteiger partial charge is 0.387 e. The minimum Gasteiger partial charge on any atom is -0.387 e. The van der Waals surface area contributed by atoms with Crippen LogP contribution >= 0.6 is 7.82 Å². The molecule has 0 aliphatic carbocycles. The van der Waals surface area contributed by atoms with E-state index in [1.807, 2.05) is 0 Å². The van der Waals surface area contributed by atoms with Gasteiger partial charge in [-0.2, -0.15) is 0 Å². The van der Waals surface area contributed by atoms with Crippen molar-refractivity contribution in [3.8, 4) is 0 Å². The zero-order chi connectivity index (χ0) is 12.5. The fraction of sp³-hybridized carbons (Fsp3) is 1.00. The van der Waals surface area contributed by atoms with Gasteiger partial charge in [0.1, 0.15) is 24.4 Å². The van der Waals surface area contributed by atoms with Crippen molar-refractivity contribution in [2.24, 2.45) is 0 Å². The molecule has 0 saturated carbocycles. The number of phosphoric ester groups is 1. The Bertz CT molecular complexity index is 283. The molecule has 6 N–H and O–H groups in total. The standard InChI is InChI=1S/C6H13O9P.Na/c7-3-2(1-14-16(11,12)13)15-6(10)5(9)4(3)8;/h2-10H,1H2,(H2,11,12,13);/t2-,3-,4+,5-,6+;/m1./s1. The van der Waals surface area contributed by atoms with E-state index in [4.69, 9.17) is 20.0 Å². The van der Waals surface area contributed by atoms with Gasteiger partial charge in [-0.25, -0.2) is 4.57 Å². The number of phosphoric acid groups is 1. The summed E-state index contributed by atoms with van der Waals surface area (Å²) >= 11 is 0. The van der Waals surface area contributed by atoms with Crippen molar-refractivity contribution in [3.63, 3.8) is 0 Å². The summed E-state index contributed by atoms with van der Waals surface area (Å²) in [6, 6.07) is 0. The molecule has 1 fully saturated rings. The summed E-state index contributed by atoms with van der Waals surface area (Å²) in [6.07, 6.45) is -8.11. The summed E-state index contributed by atoms with van der Waals surface area (Å²) < 4.78 is 19.0. The van der Waals surface area contributed by atoms with Crippen molar-refractivity contribution >= 4 is 37.4 Å². The van der Waals surface area contributed by atoms with Crippen molar-refractivity contribution in [1.29, 1.82) is 0 Å². The van der Waals surface area contributed by atoms with Crippen molar-refractivity contribution in [3.05, 3.63) is 0 Å². The van der Waals surface area contributed by atoms with Crippen molar-refractivity contribution < 1.29 is 44.0 Å². The first-order chi connectivity index (χ1) is 7.22. The third kappa shape index (κ3) is 5.19. The van der Waals surface area contributed by atoms with E-state index < -0.39 is 45.1 Å². The average molecular weight is 283 g/mol. The van der Waals surface area contributed by atoms with Crippen molar-refractivity contribution in [2.45, 2.75) is 30.7 Å². The predicted octanol–water partition coefficient (Wildman–Crippen LogP) is -3.49. The topological polar surface area (TPSA) is 157 Å². The van der Waals surface area contributed by atoms with Crippen LogP contribution in [0.15, 0.2) is 0 Å². The summed E-state index contributed by atoms with van der Waals surface area (Å²) in [5, 5.41) is 36.7. The first-order valence-electron chi connectivity index (χ1n) is 4.30. The van der Waals surface area contributed by atoms with Crippen molar-refractivity contribution in [2.75, 3.05) is 6.61 Å². The van der Waals surface area contributed by atoms with Gasteiger partial charge in [0, 0.05) is 29.6 Å². The first-order valence-corrected chi connectivity index (χ1v) is 5.83. The van der Waals surface area contributed by atoms with Crippen LogP contribution in [0.5, 0.6) is 0 Å². The van der Waals surface area contributed by atoms with E-state index in [9.17, 15) is 14.8 Å². The molecule has 17 heavy (non-hydrogen) atoms. The van der Waals surface area contributed by atoms with E-state index in [0.717, 1.165) is 0 Å². The Hall–Kier alpha value is 0.910. The van der Waals surface area contributed by atoms with Crippen LogP contribution in [-0.4, -0.2) is 97.1 Å². The molecule has 5 atom stereocenters. The molecule has 1 saturated heterocycles. The Morgan fingerprint density at radius 2 is 1.59 bits per heavy atom. The van der Waals surface area contributed by atoms with Crippen LogP contribution in [0.4, 0.5) is 0 Å². The molecule has 0 spiro atoms. The number of ether oxygens (including phenoxy) is 1. The van der Waals surface area contributed by atoms with Gasteiger partial charge in [0.25, 0.3) is 0 Å².